The molecule has 0 fully saturated rings. The molecular weight excluding hydrogens is 451 g/mol. The zero-order valence-corrected chi connectivity index (χ0v) is 25.0. The lowest BCUT2D eigenvalue weighted by atomic mass is 9.55. The first-order valence-electron chi connectivity index (χ1n) is 15.1. The van der Waals surface area contributed by atoms with Gasteiger partial charge in [-0.15, -0.1) is 0 Å². The fourth-order valence-electron chi connectivity index (χ4n) is 6.55. The summed E-state index contributed by atoms with van der Waals surface area (Å²) in [7, 11) is 4.05. The number of hydrogen-bond donors (Lipinski definition) is 0. The molecule has 0 nitrogen and oxygen atoms in total. The van der Waals surface area contributed by atoms with Crippen molar-refractivity contribution in [3.05, 3.63) is 28.8 Å². The molecule has 0 amide bonds. The molecule has 0 saturated carbocycles. The van der Waals surface area contributed by atoms with E-state index >= 15 is 0 Å². The van der Waals surface area contributed by atoms with Gasteiger partial charge in [0.25, 0.3) is 0 Å². The van der Waals surface area contributed by atoms with Gasteiger partial charge in [-0.3, -0.25) is 0 Å². The molecule has 1 rings (SSSR count). The van der Waals surface area contributed by atoms with Crippen molar-refractivity contribution in [2.75, 3.05) is 0 Å². The van der Waals surface area contributed by atoms with Crippen molar-refractivity contribution in [3.63, 3.8) is 0 Å². The molecule has 1 aromatic rings. The summed E-state index contributed by atoms with van der Waals surface area (Å²) in [6.45, 7) is 13.6. The number of alkyl halides is 3. The van der Waals surface area contributed by atoms with Gasteiger partial charge in [-0.05, 0) is 53.5 Å². The fourth-order valence-corrected chi connectivity index (χ4v) is 6.55. The summed E-state index contributed by atoms with van der Waals surface area (Å²) in [6.07, 6.45) is 12.5. The Bertz CT molecular complexity index is 747. The van der Waals surface area contributed by atoms with Crippen molar-refractivity contribution >= 4 is 21.2 Å². The van der Waals surface area contributed by atoms with Crippen molar-refractivity contribution in [3.8, 4) is 0 Å². The second-order valence-corrected chi connectivity index (χ2v) is 12.1. The van der Waals surface area contributed by atoms with E-state index in [2.05, 4.69) is 49.4 Å². The van der Waals surface area contributed by atoms with Crippen LogP contribution in [0.15, 0.2) is 12.1 Å². The van der Waals surface area contributed by atoms with Gasteiger partial charge >= 0.3 is 6.18 Å². The van der Waals surface area contributed by atoms with Crippen LogP contribution in [0.5, 0.6) is 0 Å². The highest BCUT2D eigenvalue weighted by Gasteiger charge is 2.40. The Morgan fingerprint density at radius 3 is 1.67 bits per heavy atom. The van der Waals surface area contributed by atoms with Crippen LogP contribution in [0.4, 0.5) is 13.2 Å². The van der Waals surface area contributed by atoms with Crippen molar-refractivity contribution in [1.29, 1.82) is 0 Å². The minimum absolute atomic E-state index is 0.0943. The van der Waals surface area contributed by atoms with E-state index in [1.165, 1.54) is 43.7 Å². The third-order valence-electron chi connectivity index (χ3n) is 9.00. The molecule has 0 aromatic heterocycles. The zero-order valence-electron chi connectivity index (χ0n) is 25.0. The number of benzene rings is 1. The first-order chi connectivity index (χ1) is 16.9. The lowest BCUT2D eigenvalue weighted by Gasteiger charge is -2.42. The molecule has 0 aliphatic rings. The van der Waals surface area contributed by atoms with Gasteiger partial charge in [0.1, 0.15) is 15.7 Å². The predicted octanol–water partition coefficient (Wildman–Crippen LogP) is 8.83. The minimum Gasteiger partial charge on any atom is -0.166 e. The van der Waals surface area contributed by atoms with Gasteiger partial charge in [-0.25, -0.2) is 0 Å². The topological polar surface area (TPSA) is 0 Å². The molecular formula is C31H55B2F3. The summed E-state index contributed by atoms with van der Waals surface area (Å²) in [6, 6.07) is 3.25. The highest BCUT2D eigenvalue weighted by Crippen LogP contribution is 2.47. The summed E-state index contributed by atoms with van der Waals surface area (Å²) < 4.78 is 42.5. The SMILES string of the molecule is Bc1c(C(F)(F)F)ccc(C(B)C(C)(CCC)CCCC)c1C(C)(CCCCCC)CCCCCC. The van der Waals surface area contributed by atoms with E-state index in [1.54, 1.807) is 7.85 Å². The maximum atomic E-state index is 14.2. The van der Waals surface area contributed by atoms with Crippen LogP contribution in [-0.4, -0.2) is 15.7 Å². The van der Waals surface area contributed by atoms with Gasteiger partial charge in [0.2, 0.25) is 0 Å². The van der Waals surface area contributed by atoms with Crippen LogP contribution in [0.25, 0.3) is 0 Å². The molecule has 0 bridgehead atoms. The summed E-state index contributed by atoms with van der Waals surface area (Å²) >= 11 is 0. The van der Waals surface area contributed by atoms with Crippen LogP contribution in [0.1, 0.15) is 160 Å². The predicted molar refractivity (Wildman–Crippen MR) is 158 cm³/mol. The normalized spacial score (nSPS) is 15.1. The number of hydrogen-bond acceptors (Lipinski definition) is 0. The standard InChI is InChI=1S/C31H55B2F3/c1-7-11-14-16-22-29(5,23-17-15-12-8-2)26-24(18-19-25(27(26)32)31(34,35)36)28(33)30(6,20-10-4)21-13-9-3/h18-19,28H,7-17,20-23,32-33H2,1-6H3. The molecule has 0 aliphatic carbocycles. The summed E-state index contributed by atoms with van der Waals surface area (Å²) in [5.74, 6) is 0.227. The molecule has 0 radical (unpaired) electrons. The average molecular weight is 506 g/mol. The van der Waals surface area contributed by atoms with Crippen LogP contribution in [0.2, 0.25) is 0 Å². The van der Waals surface area contributed by atoms with Crippen molar-refractivity contribution in [1.82, 2.24) is 0 Å². The Hall–Kier alpha value is -0.860. The van der Waals surface area contributed by atoms with Crippen LogP contribution in [0, 0.1) is 5.41 Å². The molecule has 0 spiro atoms. The highest BCUT2D eigenvalue weighted by atomic mass is 19.4. The Balaban J connectivity index is 3.71. The number of unbranched alkanes of at least 4 members (excludes halogenated alkanes) is 7. The van der Waals surface area contributed by atoms with Crippen LogP contribution in [0.3, 0.4) is 0 Å². The molecule has 0 saturated heterocycles. The molecule has 1 aromatic carbocycles. The summed E-state index contributed by atoms with van der Waals surface area (Å²) in [4.78, 5) is 0. The third-order valence-corrected chi connectivity index (χ3v) is 9.00. The van der Waals surface area contributed by atoms with Crippen molar-refractivity contribution < 1.29 is 13.2 Å². The van der Waals surface area contributed by atoms with Crippen molar-refractivity contribution in [2.24, 2.45) is 5.41 Å². The minimum atomic E-state index is -4.32. The van der Waals surface area contributed by atoms with Crippen LogP contribution >= 0.6 is 0 Å². The monoisotopic (exact) mass is 506 g/mol. The zero-order chi connectivity index (χ0) is 27.4. The van der Waals surface area contributed by atoms with Gasteiger partial charge in [0.05, 0.1) is 0 Å². The van der Waals surface area contributed by atoms with E-state index in [4.69, 9.17) is 0 Å². The summed E-state index contributed by atoms with van der Waals surface area (Å²) in [5.41, 5.74) is 2.12. The molecule has 0 heterocycles. The van der Waals surface area contributed by atoms with Crippen LogP contribution in [-0.2, 0) is 11.6 Å². The van der Waals surface area contributed by atoms with Gasteiger partial charge in [0.15, 0.2) is 0 Å². The number of halogens is 3. The third kappa shape index (κ3) is 9.16. The van der Waals surface area contributed by atoms with E-state index in [-0.39, 0.29) is 16.6 Å². The molecule has 36 heavy (non-hydrogen) atoms. The van der Waals surface area contributed by atoms with Gasteiger partial charge in [-0.1, -0.05) is 130 Å². The van der Waals surface area contributed by atoms with E-state index in [0.29, 0.717) is 5.46 Å². The van der Waals surface area contributed by atoms with Crippen molar-refractivity contribution in [2.45, 2.75) is 155 Å². The average Bonchev–Trinajstić information content (AvgIpc) is 2.82. The van der Waals surface area contributed by atoms with E-state index in [0.717, 1.165) is 69.8 Å². The van der Waals surface area contributed by atoms with E-state index in [9.17, 15) is 13.2 Å². The second kappa shape index (κ2) is 15.5. The first-order valence-corrected chi connectivity index (χ1v) is 15.1. The van der Waals surface area contributed by atoms with Crippen LogP contribution < -0.4 is 5.46 Å². The van der Waals surface area contributed by atoms with Gasteiger partial charge in [-0.2, -0.15) is 13.2 Å². The Labute approximate surface area is 223 Å². The Kier molecular flexibility index (Phi) is 14.3. The smallest absolute Gasteiger partial charge is 0.166 e. The molecule has 0 N–H and O–H groups in total. The number of rotatable bonds is 18. The highest BCUT2D eigenvalue weighted by molar-refractivity contribution is 6.35. The fraction of sp³-hybridized carbons (Fsp3) is 0.806. The van der Waals surface area contributed by atoms with Gasteiger partial charge < -0.3 is 0 Å². The second-order valence-electron chi connectivity index (χ2n) is 12.1. The van der Waals surface area contributed by atoms with E-state index in [1.807, 2.05) is 6.07 Å². The molecule has 206 valence electrons. The summed E-state index contributed by atoms with van der Waals surface area (Å²) in [5, 5.41) is 0. The maximum Gasteiger partial charge on any atom is 0.415 e. The Morgan fingerprint density at radius 2 is 1.22 bits per heavy atom. The lowest BCUT2D eigenvalue weighted by Crippen LogP contribution is -2.38. The molecule has 5 heteroatoms. The quantitative estimate of drug-likeness (QED) is 0.138. The lowest BCUT2D eigenvalue weighted by molar-refractivity contribution is -0.136. The first kappa shape index (κ1) is 33.2. The molecule has 2 atom stereocenters. The molecule has 2 unspecified atom stereocenters. The van der Waals surface area contributed by atoms with E-state index < -0.39 is 11.7 Å². The largest absolute Gasteiger partial charge is 0.415 e. The Morgan fingerprint density at radius 1 is 0.694 bits per heavy atom. The maximum absolute atomic E-state index is 14.2. The molecule has 0 aliphatic heterocycles. The van der Waals surface area contributed by atoms with Gasteiger partial charge in [0, 0.05) is 5.56 Å².